The Morgan fingerprint density at radius 3 is 2.27 bits per heavy atom. The van der Waals surface area contributed by atoms with Gasteiger partial charge < -0.3 is 24.6 Å². The number of rotatable bonds is 7. The summed E-state index contributed by atoms with van der Waals surface area (Å²) in [6.07, 6.45) is -0.602. The van der Waals surface area contributed by atoms with Gasteiger partial charge in [-0.3, -0.25) is 9.69 Å². The lowest BCUT2D eigenvalue weighted by Gasteiger charge is -2.43. The Morgan fingerprint density at radius 1 is 1.00 bits per heavy atom. The number of hydrogen-bond acceptors (Lipinski definition) is 6. The highest BCUT2D eigenvalue weighted by Crippen LogP contribution is 2.41. The van der Waals surface area contributed by atoms with Crippen LogP contribution in [0.2, 0.25) is 0 Å². The fourth-order valence-corrected chi connectivity index (χ4v) is 4.39. The molecule has 2 aliphatic rings. The Hall–Kier alpha value is -2.29. The van der Waals surface area contributed by atoms with Crippen molar-refractivity contribution in [1.29, 1.82) is 0 Å². The largest absolute Gasteiger partial charge is 0.392 e. The average molecular weight is 455 g/mol. The fraction of sp³-hybridized carbons (Fsp3) is 0.500. The quantitative estimate of drug-likeness (QED) is 0.670. The molecule has 2 aliphatic heterocycles. The first-order chi connectivity index (χ1) is 16.0. The lowest BCUT2D eigenvalue weighted by molar-refractivity contribution is -0.277. The van der Waals surface area contributed by atoms with Gasteiger partial charge in [0.05, 0.1) is 32.0 Å². The van der Waals surface area contributed by atoms with Crippen LogP contribution in [0.25, 0.3) is 0 Å². The third kappa shape index (κ3) is 6.19. The fourth-order valence-electron chi connectivity index (χ4n) is 4.39. The molecule has 0 aliphatic carbocycles. The summed E-state index contributed by atoms with van der Waals surface area (Å²) in [6, 6.07) is 16.0. The molecule has 7 heteroatoms. The van der Waals surface area contributed by atoms with Gasteiger partial charge in [-0.1, -0.05) is 55.5 Å². The molecule has 33 heavy (non-hydrogen) atoms. The normalized spacial score (nSPS) is 26.2. The third-order valence-electron chi connectivity index (χ3n) is 6.46. The number of amides is 1. The summed E-state index contributed by atoms with van der Waals surface area (Å²) in [6.45, 7) is 8.37. The number of benzene rings is 2. The van der Waals surface area contributed by atoms with Gasteiger partial charge in [0.1, 0.15) is 0 Å². The molecule has 0 spiro atoms. The minimum absolute atomic E-state index is 0.00317. The van der Waals surface area contributed by atoms with Crippen molar-refractivity contribution in [2.24, 2.45) is 5.92 Å². The number of morpholine rings is 1. The number of ether oxygens (including phenoxy) is 3. The van der Waals surface area contributed by atoms with Gasteiger partial charge in [-0.05, 0) is 16.7 Å². The molecule has 2 N–H and O–H groups in total. The van der Waals surface area contributed by atoms with E-state index in [-0.39, 0.29) is 30.6 Å². The summed E-state index contributed by atoms with van der Waals surface area (Å²) in [5, 5.41) is 12.2. The van der Waals surface area contributed by atoms with E-state index >= 15 is 0 Å². The SMILES string of the molecule is CC(=O)NCc1ccc([C@@H]2O[C@H](CN3CCOCC3)[C@H](C)[C@H](c3ccc(CO)cc3)O2)cc1. The molecular formula is C26H34N2O5. The van der Waals surface area contributed by atoms with Crippen LogP contribution in [-0.2, 0) is 32.2 Å². The second kappa shape index (κ2) is 11.2. The number of aliphatic hydroxyl groups is 1. The van der Waals surface area contributed by atoms with Gasteiger partial charge in [-0.25, -0.2) is 0 Å². The second-order valence-electron chi connectivity index (χ2n) is 8.89. The second-order valence-corrected chi connectivity index (χ2v) is 8.89. The number of hydrogen-bond donors (Lipinski definition) is 2. The van der Waals surface area contributed by atoms with Gasteiger partial charge in [-0.15, -0.1) is 0 Å². The van der Waals surface area contributed by atoms with E-state index in [1.165, 1.54) is 6.92 Å². The van der Waals surface area contributed by atoms with Crippen LogP contribution in [0.1, 0.15) is 48.5 Å². The molecule has 2 saturated heterocycles. The lowest BCUT2D eigenvalue weighted by atomic mass is 9.90. The molecule has 2 aromatic carbocycles. The van der Waals surface area contributed by atoms with Crippen LogP contribution in [0.3, 0.4) is 0 Å². The van der Waals surface area contributed by atoms with Crippen molar-refractivity contribution in [2.45, 2.75) is 45.5 Å². The summed E-state index contributed by atoms with van der Waals surface area (Å²) in [7, 11) is 0. The molecule has 2 heterocycles. The monoisotopic (exact) mass is 454 g/mol. The Labute approximate surface area is 195 Å². The van der Waals surface area contributed by atoms with Crippen LogP contribution in [0.4, 0.5) is 0 Å². The number of nitrogens with zero attached hydrogens (tertiary/aromatic N) is 1. The van der Waals surface area contributed by atoms with Crippen LogP contribution in [0, 0.1) is 5.92 Å². The molecule has 1 amide bonds. The topological polar surface area (TPSA) is 80.3 Å². The predicted molar refractivity (Wildman–Crippen MR) is 124 cm³/mol. The predicted octanol–water partition coefficient (Wildman–Crippen LogP) is 2.94. The van der Waals surface area contributed by atoms with Gasteiger partial charge in [0.15, 0.2) is 6.29 Å². The summed E-state index contributed by atoms with van der Waals surface area (Å²) >= 11 is 0. The van der Waals surface area contributed by atoms with Crippen molar-refractivity contribution in [3.05, 3.63) is 70.8 Å². The van der Waals surface area contributed by atoms with Crippen molar-refractivity contribution in [3.63, 3.8) is 0 Å². The molecule has 0 aromatic heterocycles. The van der Waals surface area contributed by atoms with E-state index in [0.717, 1.165) is 55.1 Å². The van der Waals surface area contributed by atoms with Crippen molar-refractivity contribution in [2.75, 3.05) is 32.8 Å². The van der Waals surface area contributed by atoms with Crippen LogP contribution in [0.5, 0.6) is 0 Å². The molecule has 2 aromatic rings. The van der Waals surface area contributed by atoms with Gasteiger partial charge >= 0.3 is 0 Å². The zero-order chi connectivity index (χ0) is 23.2. The Balaban J connectivity index is 1.54. The molecule has 0 saturated carbocycles. The van der Waals surface area contributed by atoms with E-state index in [2.05, 4.69) is 17.1 Å². The van der Waals surface area contributed by atoms with Crippen LogP contribution in [0.15, 0.2) is 48.5 Å². The van der Waals surface area contributed by atoms with Crippen LogP contribution < -0.4 is 5.32 Å². The molecule has 7 nitrogen and oxygen atoms in total. The Kier molecular flexibility index (Phi) is 8.11. The van der Waals surface area contributed by atoms with E-state index in [9.17, 15) is 9.90 Å². The first-order valence-corrected chi connectivity index (χ1v) is 11.7. The van der Waals surface area contributed by atoms with E-state index < -0.39 is 6.29 Å². The molecule has 0 bridgehead atoms. The van der Waals surface area contributed by atoms with Crippen LogP contribution in [-0.4, -0.2) is 54.9 Å². The number of nitrogens with one attached hydrogen (secondary N) is 1. The smallest absolute Gasteiger partial charge is 0.217 e. The van der Waals surface area contributed by atoms with E-state index in [0.29, 0.717) is 6.54 Å². The average Bonchev–Trinajstić information content (AvgIpc) is 2.85. The Morgan fingerprint density at radius 2 is 1.64 bits per heavy atom. The van der Waals surface area contributed by atoms with E-state index in [1.54, 1.807) is 0 Å². The standard InChI is InChI=1S/C26H34N2O5/c1-18-24(16-28-11-13-31-14-12-28)32-26(23-9-3-20(4-10-23)15-27-19(2)30)33-25(18)22-7-5-21(17-29)6-8-22/h3-10,18,24-26,29H,11-17H2,1-2H3,(H,27,30)/t18-,24+,25+,26+/m0/s1. The maximum atomic E-state index is 11.2. The first kappa shape index (κ1) is 23.9. The Bertz CT molecular complexity index is 896. The molecule has 0 radical (unpaired) electrons. The lowest BCUT2D eigenvalue weighted by Crippen LogP contribution is -2.47. The maximum absolute atomic E-state index is 11.2. The summed E-state index contributed by atoms with van der Waals surface area (Å²) in [5.41, 5.74) is 3.95. The highest BCUT2D eigenvalue weighted by atomic mass is 16.7. The molecule has 0 unspecified atom stereocenters. The van der Waals surface area contributed by atoms with Crippen molar-refractivity contribution in [1.82, 2.24) is 10.2 Å². The zero-order valence-electron chi connectivity index (χ0n) is 19.4. The highest BCUT2D eigenvalue weighted by molar-refractivity contribution is 5.72. The molecule has 4 rings (SSSR count). The minimum atomic E-state index is -0.482. The summed E-state index contributed by atoms with van der Waals surface area (Å²) in [5.74, 6) is 0.108. The van der Waals surface area contributed by atoms with E-state index in [4.69, 9.17) is 14.2 Å². The molecule has 2 fully saturated rings. The van der Waals surface area contributed by atoms with Gasteiger partial charge in [0, 0.05) is 44.6 Å². The summed E-state index contributed by atoms with van der Waals surface area (Å²) < 4.78 is 18.5. The van der Waals surface area contributed by atoms with Crippen molar-refractivity contribution < 1.29 is 24.1 Å². The zero-order valence-corrected chi connectivity index (χ0v) is 19.4. The first-order valence-electron chi connectivity index (χ1n) is 11.7. The van der Waals surface area contributed by atoms with Crippen molar-refractivity contribution in [3.8, 4) is 0 Å². The number of carbonyl (C=O) groups is 1. The number of carbonyl (C=O) groups excluding carboxylic acids is 1. The van der Waals surface area contributed by atoms with Gasteiger partial charge in [-0.2, -0.15) is 0 Å². The molecule has 178 valence electrons. The summed E-state index contributed by atoms with van der Waals surface area (Å²) in [4.78, 5) is 13.6. The molecular weight excluding hydrogens is 420 g/mol. The third-order valence-corrected chi connectivity index (χ3v) is 6.46. The van der Waals surface area contributed by atoms with E-state index in [1.807, 2.05) is 48.5 Å². The molecule has 4 atom stereocenters. The minimum Gasteiger partial charge on any atom is -0.392 e. The van der Waals surface area contributed by atoms with Crippen LogP contribution >= 0.6 is 0 Å². The maximum Gasteiger partial charge on any atom is 0.217 e. The number of aliphatic hydroxyl groups excluding tert-OH is 1. The van der Waals surface area contributed by atoms with Gasteiger partial charge in [0.2, 0.25) is 5.91 Å². The highest BCUT2D eigenvalue weighted by Gasteiger charge is 2.39. The van der Waals surface area contributed by atoms with Crippen molar-refractivity contribution >= 4 is 5.91 Å². The van der Waals surface area contributed by atoms with Gasteiger partial charge in [0.25, 0.3) is 0 Å².